The third-order valence-corrected chi connectivity index (χ3v) is 6.08. The van der Waals surface area contributed by atoms with E-state index in [0.717, 1.165) is 17.5 Å². The van der Waals surface area contributed by atoms with Crippen LogP contribution in [0, 0.1) is 0 Å². The monoisotopic (exact) mass is 288 g/mol. The molecule has 0 radical (unpaired) electrons. The lowest BCUT2D eigenvalue weighted by atomic mass is 10.1. The molecular formula is C16H18NO2S+. The van der Waals surface area contributed by atoms with Crippen LogP contribution in [0.15, 0.2) is 47.4 Å². The van der Waals surface area contributed by atoms with Crippen LogP contribution >= 0.6 is 0 Å². The van der Waals surface area contributed by atoms with Crippen molar-refractivity contribution in [3.63, 3.8) is 0 Å². The predicted molar refractivity (Wildman–Crippen MR) is 79.9 cm³/mol. The zero-order chi connectivity index (χ0) is 14.5. The van der Waals surface area contributed by atoms with Gasteiger partial charge in [-0.15, -0.1) is 0 Å². The molecule has 1 aliphatic rings. The maximum absolute atomic E-state index is 12.5. The molecule has 0 aromatic heterocycles. The number of nitrogens with zero attached hydrogens (tertiary/aromatic N) is 1. The molecule has 0 saturated carbocycles. The van der Waals surface area contributed by atoms with Gasteiger partial charge in [0, 0.05) is 0 Å². The lowest BCUT2D eigenvalue weighted by molar-refractivity contribution is -0.739. The topological polar surface area (TPSA) is 34.1 Å². The molecule has 0 heterocycles. The zero-order valence-electron chi connectivity index (χ0n) is 11.9. The van der Waals surface area contributed by atoms with Gasteiger partial charge in [0.05, 0.1) is 21.1 Å². The van der Waals surface area contributed by atoms with E-state index in [9.17, 15) is 8.42 Å². The number of hydrogen-bond donors (Lipinski definition) is 0. The third-order valence-electron chi connectivity index (χ3n) is 3.78. The van der Waals surface area contributed by atoms with Gasteiger partial charge in [0.25, 0.3) is 0 Å². The minimum Gasteiger partial charge on any atom is -0.222 e. The second kappa shape index (κ2) is 4.17. The fourth-order valence-corrected chi connectivity index (χ4v) is 3.76. The van der Waals surface area contributed by atoms with E-state index in [-0.39, 0.29) is 3.89 Å². The predicted octanol–water partition coefficient (Wildman–Crippen LogP) is 2.65. The lowest BCUT2D eigenvalue weighted by Crippen LogP contribution is -2.41. The van der Waals surface area contributed by atoms with Gasteiger partial charge in [-0.25, -0.2) is 3.89 Å². The number of rotatable bonds is 2. The Balaban J connectivity index is 2.13. The van der Waals surface area contributed by atoms with Crippen molar-refractivity contribution in [3.8, 4) is 11.1 Å². The molecule has 20 heavy (non-hydrogen) atoms. The number of quaternary nitrogens is 1. The second-order valence-electron chi connectivity index (χ2n) is 6.02. The van der Waals surface area contributed by atoms with Gasteiger partial charge in [-0.2, -0.15) is 8.42 Å². The highest BCUT2D eigenvalue weighted by atomic mass is 32.2. The molecule has 3 rings (SSSR count). The molecular weight excluding hydrogens is 270 g/mol. The van der Waals surface area contributed by atoms with Gasteiger partial charge in [-0.3, -0.25) is 0 Å². The van der Waals surface area contributed by atoms with Crippen LogP contribution in [0.1, 0.15) is 11.1 Å². The lowest BCUT2D eigenvalue weighted by Gasteiger charge is -2.23. The van der Waals surface area contributed by atoms with E-state index < -0.39 is 10.0 Å². The number of hydrogen-bond acceptors (Lipinski definition) is 2. The summed E-state index contributed by atoms with van der Waals surface area (Å²) >= 11 is 0. The fraction of sp³-hybridized carbons (Fsp3) is 0.250. The number of fused-ring (bicyclic) bond motifs is 3. The summed E-state index contributed by atoms with van der Waals surface area (Å²) in [4.78, 5) is 0.400. The first-order valence-electron chi connectivity index (χ1n) is 6.58. The smallest absolute Gasteiger partial charge is 0.222 e. The third kappa shape index (κ3) is 1.87. The Morgan fingerprint density at radius 3 is 2.25 bits per heavy atom. The highest BCUT2D eigenvalue weighted by Crippen LogP contribution is 2.37. The van der Waals surface area contributed by atoms with E-state index in [2.05, 4.69) is 12.1 Å². The normalized spacial score (nSPS) is 13.9. The van der Waals surface area contributed by atoms with E-state index >= 15 is 0 Å². The summed E-state index contributed by atoms with van der Waals surface area (Å²) in [7, 11) is 1.69. The molecule has 0 bridgehead atoms. The van der Waals surface area contributed by atoms with Gasteiger partial charge in [-0.1, -0.05) is 30.3 Å². The minimum absolute atomic E-state index is 0.0985. The molecule has 4 heteroatoms. The van der Waals surface area contributed by atoms with Gasteiger partial charge >= 0.3 is 10.0 Å². The molecule has 104 valence electrons. The summed E-state index contributed by atoms with van der Waals surface area (Å²) in [6, 6.07) is 13.7. The van der Waals surface area contributed by atoms with Gasteiger partial charge in [0.1, 0.15) is 4.90 Å². The zero-order valence-corrected chi connectivity index (χ0v) is 12.7. The molecule has 1 aliphatic carbocycles. The molecule has 0 atom stereocenters. The van der Waals surface area contributed by atoms with Crippen LogP contribution in [0.3, 0.4) is 0 Å². The standard InChI is InChI=1S/C16H18NO2S/c1-17(2,3)20(18,19)14-8-9-16-13(11-14)10-12-6-4-5-7-15(12)16/h4-9,11H,10H2,1-3H3/q+1. The first kappa shape index (κ1) is 13.3. The Hall–Kier alpha value is -1.65. The highest BCUT2D eigenvalue weighted by Gasteiger charge is 2.31. The largest absolute Gasteiger partial charge is 0.326 e. The van der Waals surface area contributed by atoms with Gasteiger partial charge in [0.2, 0.25) is 0 Å². The van der Waals surface area contributed by atoms with Crippen LogP contribution in [-0.2, 0) is 16.4 Å². The summed E-state index contributed by atoms with van der Waals surface area (Å²) in [6.07, 6.45) is 0.812. The molecule has 2 aromatic carbocycles. The quantitative estimate of drug-likeness (QED) is 0.679. The Kier molecular flexibility index (Phi) is 2.78. The van der Waals surface area contributed by atoms with Crippen molar-refractivity contribution in [2.45, 2.75) is 11.3 Å². The first-order valence-corrected chi connectivity index (χ1v) is 8.02. The summed E-state index contributed by atoms with van der Waals surface area (Å²) in [5.41, 5.74) is 4.74. The van der Waals surface area contributed by atoms with Gasteiger partial charge in [-0.05, 0) is 40.8 Å². The van der Waals surface area contributed by atoms with Crippen LogP contribution < -0.4 is 0 Å². The summed E-state index contributed by atoms with van der Waals surface area (Å²) in [5.74, 6) is 0. The average Bonchev–Trinajstić information content (AvgIpc) is 2.74. The molecule has 0 unspecified atom stereocenters. The number of benzene rings is 2. The Morgan fingerprint density at radius 2 is 1.55 bits per heavy atom. The average molecular weight is 288 g/mol. The Morgan fingerprint density at radius 1 is 0.900 bits per heavy atom. The summed E-state index contributed by atoms with van der Waals surface area (Å²) < 4.78 is 24.9. The van der Waals surface area contributed by atoms with Crippen molar-refractivity contribution in [2.24, 2.45) is 0 Å². The van der Waals surface area contributed by atoms with Crippen molar-refractivity contribution in [3.05, 3.63) is 53.6 Å². The molecule has 0 N–H and O–H groups in total. The second-order valence-corrected chi connectivity index (χ2v) is 8.53. The van der Waals surface area contributed by atoms with Crippen LogP contribution in [0.4, 0.5) is 0 Å². The van der Waals surface area contributed by atoms with Crippen molar-refractivity contribution >= 4 is 10.0 Å². The van der Waals surface area contributed by atoms with Crippen molar-refractivity contribution < 1.29 is 12.3 Å². The van der Waals surface area contributed by atoms with Gasteiger partial charge < -0.3 is 0 Å². The fourth-order valence-electron chi connectivity index (χ4n) is 2.60. The van der Waals surface area contributed by atoms with Crippen LogP contribution in [0.5, 0.6) is 0 Å². The molecule has 0 spiro atoms. The van der Waals surface area contributed by atoms with Crippen LogP contribution in [0.2, 0.25) is 0 Å². The summed E-state index contributed by atoms with van der Waals surface area (Å²) in [6.45, 7) is 0. The Labute approximate surface area is 120 Å². The van der Waals surface area contributed by atoms with E-state index in [1.807, 2.05) is 24.3 Å². The molecule has 2 aromatic rings. The van der Waals surface area contributed by atoms with E-state index in [1.54, 1.807) is 27.2 Å². The molecule has 0 fully saturated rings. The number of sulfonamides is 1. The first-order chi connectivity index (χ1) is 9.30. The molecule has 0 saturated heterocycles. The molecule has 3 nitrogen and oxygen atoms in total. The van der Waals surface area contributed by atoms with E-state index in [4.69, 9.17) is 0 Å². The molecule has 0 amide bonds. The van der Waals surface area contributed by atoms with Crippen LogP contribution in [0.25, 0.3) is 11.1 Å². The van der Waals surface area contributed by atoms with Crippen LogP contribution in [-0.4, -0.2) is 33.4 Å². The van der Waals surface area contributed by atoms with Gasteiger partial charge in [0.15, 0.2) is 0 Å². The molecule has 0 aliphatic heterocycles. The highest BCUT2D eigenvalue weighted by molar-refractivity contribution is 7.85. The van der Waals surface area contributed by atoms with E-state index in [1.165, 1.54) is 11.1 Å². The van der Waals surface area contributed by atoms with Crippen molar-refractivity contribution in [2.75, 3.05) is 21.1 Å². The summed E-state index contributed by atoms with van der Waals surface area (Å²) in [5, 5.41) is 0. The maximum atomic E-state index is 12.5. The van der Waals surface area contributed by atoms with Crippen molar-refractivity contribution in [1.29, 1.82) is 0 Å². The minimum atomic E-state index is -3.35. The van der Waals surface area contributed by atoms with Crippen molar-refractivity contribution in [1.82, 2.24) is 0 Å². The van der Waals surface area contributed by atoms with E-state index in [0.29, 0.717) is 4.90 Å². The Bertz CT molecular complexity index is 786. The maximum Gasteiger partial charge on any atom is 0.326 e. The SMILES string of the molecule is C[N+](C)(C)S(=O)(=O)c1ccc2c(c1)Cc1ccccc1-2.